The average Bonchev–Trinajstić information content (AvgIpc) is 2.85. The van der Waals surface area contributed by atoms with Gasteiger partial charge in [0.25, 0.3) is 0 Å². The van der Waals surface area contributed by atoms with Crippen LogP contribution in [0.5, 0.6) is 0 Å². The molecule has 0 unspecified atom stereocenters. The van der Waals surface area contributed by atoms with Gasteiger partial charge in [-0.2, -0.15) is 5.10 Å². The highest BCUT2D eigenvalue weighted by Crippen LogP contribution is 2.46. The Kier molecular flexibility index (Phi) is 2.66. The molecule has 0 bridgehead atoms. The van der Waals surface area contributed by atoms with E-state index in [0.717, 1.165) is 19.0 Å². The lowest BCUT2D eigenvalue weighted by Crippen LogP contribution is -2.21. The van der Waals surface area contributed by atoms with Crippen LogP contribution in [0.3, 0.4) is 0 Å². The van der Waals surface area contributed by atoms with Crippen molar-refractivity contribution in [2.24, 2.45) is 0 Å². The van der Waals surface area contributed by atoms with Crippen LogP contribution in [0.15, 0.2) is 18.5 Å². The first-order valence-corrected chi connectivity index (χ1v) is 5.11. The molecular weight excluding hydrogens is 226 g/mol. The van der Waals surface area contributed by atoms with E-state index in [9.17, 15) is 14.9 Å². The van der Waals surface area contributed by atoms with Crippen molar-refractivity contribution in [3.8, 4) is 0 Å². The molecule has 90 valence electrons. The molecule has 1 heterocycles. The maximum Gasteiger partial charge on any atom is 0.305 e. The van der Waals surface area contributed by atoms with Crippen LogP contribution in [-0.4, -0.2) is 25.8 Å². The maximum absolute atomic E-state index is 10.7. The third-order valence-corrected chi connectivity index (χ3v) is 2.77. The van der Waals surface area contributed by atoms with Crippen molar-refractivity contribution < 1.29 is 14.8 Å². The van der Waals surface area contributed by atoms with Gasteiger partial charge in [-0.3, -0.25) is 19.6 Å². The van der Waals surface area contributed by atoms with Gasteiger partial charge in [0.05, 0.1) is 22.6 Å². The highest BCUT2D eigenvalue weighted by Gasteiger charge is 2.47. The predicted octanol–water partition coefficient (Wildman–Crippen LogP) is 1.09. The minimum absolute atomic E-state index is 0.0348. The fourth-order valence-electron chi connectivity index (χ4n) is 1.74. The van der Waals surface area contributed by atoms with Crippen molar-refractivity contribution in [1.29, 1.82) is 0 Å². The Morgan fingerprint density at radius 1 is 1.71 bits per heavy atom. The Balaban J connectivity index is 2.13. The lowest BCUT2D eigenvalue weighted by Gasteiger charge is -2.12. The molecule has 1 aliphatic rings. The molecule has 0 spiro atoms. The minimum atomic E-state index is -0.861. The summed E-state index contributed by atoms with van der Waals surface area (Å²) < 4.78 is 1.60. The van der Waals surface area contributed by atoms with Gasteiger partial charge < -0.3 is 5.11 Å². The van der Waals surface area contributed by atoms with Gasteiger partial charge in [0.2, 0.25) is 6.20 Å². The summed E-state index contributed by atoms with van der Waals surface area (Å²) in [5, 5.41) is 23.1. The van der Waals surface area contributed by atoms with Crippen LogP contribution in [0.25, 0.3) is 6.08 Å². The number of carboxylic acid groups (broad SMARTS) is 1. The summed E-state index contributed by atoms with van der Waals surface area (Å²) in [5.74, 6) is -0.861. The van der Waals surface area contributed by atoms with Gasteiger partial charge in [0, 0.05) is 12.3 Å². The molecule has 1 N–H and O–H groups in total. The zero-order chi connectivity index (χ0) is 12.5. The largest absolute Gasteiger partial charge is 0.481 e. The van der Waals surface area contributed by atoms with E-state index in [0.29, 0.717) is 5.69 Å². The molecule has 0 saturated heterocycles. The normalized spacial score (nSPS) is 17.2. The van der Waals surface area contributed by atoms with Crippen LogP contribution >= 0.6 is 0 Å². The summed E-state index contributed by atoms with van der Waals surface area (Å²) in [7, 11) is 0. The smallest absolute Gasteiger partial charge is 0.305 e. The molecule has 1 aliphatic carbocycles. The van der Waals surface area contributed by atoms with Gasteiger partial charge >= 0.3 is 5.97 Å². The monoisotopic (exact) mass is 237 g/mol. The standard InChI is InChI=1S/C10H11N3O4/c14-9(15)7-10(3-4-10)12-5-1-8(11-12)2-6-13(16)17/h1-2,5-6H,3-4,7H2,(H,14,15). The van der Waals surface area contributed by atoms with E-state index in [1.165, 1.54) is 6.08 Å². The summed E-state index contributed by atoms with van der Waals surface area (Å²) in [6.07, 6.45) is 5.35. The number of nitrogens with zero attached hydrogens (tertiary/aromatic N) is 3. The van der Waals surface area contributed by atoms with Crippen molar-refractivity contribution in [3.05, 3.63) is 34.3 Å². The number of nitro groups is 1. The van der Waals surface area contributed by atoms with Gasteiger partial charge in [0.1, 0.15) is 0 Å². The molecule has 0 amide bonds. The summed E-state index contributed by atoms with van der Waals surface area (Å²) >= 11 is 0. The van der Waals surface area contributed by atoms with Crippen LogP contribution < -0.4 is 0 Å². The second-order valence-electron chi connectivity index (χ2n) is 4.08. The highest BCUT2D eigenvalue weighted by atomic mass is 16.6. The number of aromatic nitrogens is 2. The van der Waals surface area contributed by atoms with Crippen molar-refractivity contribution >= 4 is 12.0 Å². The number of carbonyl (C=O) groups is 1. The van der Waals surface area contributed by atoms with E-state index in [2.05, 4.69) is 5.10 Å². The molecule has 0 atom stereocenters. The third-order valence-electron chi connectivity index (χ3n) is 2.77. The molecule has 7 nitrogen and oxygen atoms in total. The fourth-order valence-corrected chi connectivity index (χ4v) is 1.74. The van der Waals surface area contributed by atoms with E-state index in [1.54, 1.807) is 16.9 Å². The zero-order valence-corrected chi connectivity index (χ0v) is 8.94. The Hall–Kier alpha value is -2.18. The predicted molar refractivity (Wildman–Crippen MR) is 57.7 cm³/mol. The third kappa shape index (κ3) is 2.49. The minimum Gasteiger partial charge on any atom is -0.481 e. The zero-order valence-electron chi connectivity index (χ0n) is 8.94. The molecule has 0 radical (unpaired) electrons. The second-order valence-corrected chi connectivity index (χ2v) is 4.08. The van der Waals surface area contributed by atoms with E-state index < -0.39 is 16.4 Å². The van der Waals surface area contributed by atoms with Crippen LogP contribution in [0.1, 0.15) is 25.0 Å². The lowest BCUT2D eigenvalue weighted by molar-refractivity contribution is -0.401. The summed E-state index contributed by atoms with van der Waals surface area (Å²) in [6, 6.07) is 1.63. The number of hydrogen-bond acceptors (Lipinski definition) is 4. The number of rotatable bonds is 5. The second kappa shape index (κ2) is 4.00. The summed E-state index contributed by atoms with van der Waals surface area (Å²) in [5.41, 5.74) is 0.0328. The quantitative estimate of drug-likeness (QED) is 0.610. The Morgan fingerprint density at radius 3 is 2.94 bits per heavy atom. The first kappa shape index (κ1) is 11.3. The molecule has 1 saturated carbocycles. The molecular formula is C10H11N3O4. The Labute approximate surface area is 96.5 Å². The van der Waals surface area contributed by atoms with Crippen molar-refractivity contribution in [2.45, 2.75) is 24.8 Å². The number of aliphatic carboxylic acids is 1. The van der Waals surface area contributed by atoms with E-state index in [-0.39, 0.29) is 6.42 Å². The SMILES string of the molecule is O=C(O)CC1(n2ccc(C=C[N+](=O)[O-])n2)CC1. The topological polar surface area (TPSA) is 98.3 Å². The molecule has 1 fully saturated rings. The molecule has 17 heavy (non-hydrogen) atoms. The summed E-state index contributed by atoms with van der Waals surface area (Å²) in [6.45, 7) is 0. The van der Waals surface area contributed by atoms with Crippen molar-refractivity contribution in [1.82, 2.24) is 9.78 Å². The molecule has 2 rings (SSSR count). The van der Waals surface area contributed by atoms with E-state index in [4.69, 9.17) is 5.11 Å². The number of hydrogen-bond donors (Lipinski definition) is 1. The molecule has 0 aromatic carbocycles. The molecule has 0 aliphatic heterocycles. The Bertz CT molecular complexity index is 487. The molecule has 7 heteroatoms. The first-order valence-electron chi connectivity index (χ1n) is 5.11. The lowest BCUT2D eigenvalue weighted by atomic mass is 10.2. The van der Waals surface area contributed by atoms with E-state index in [1.807, 2.05) is 0 Å². The fraction of sp³-hybridized carbons (Fsp3) is 0.400. The van der Waals surface area contributed by atoms with Crippen LogP contribution in [0.4, 0.5) is 0 Å². The Morgan fingerprint density at radius 2 is 2.41 bits per heavy atom. The van der Waals surface area contributed by atoms with Gasteiger partial charge in [-0.1, -0.05) is 0 Å². The van der Waals surface area contributed by atoms with Crippen molar-refractivity contribution in [3.63, 3.8) is 0 Å². The number of carboxylic acids is 1. The average molecular weight is 237 g/mol. The van der Waals surface area contributed by atoms with Crippen LogP contribution in [0.2, 0.25) is 0 Å². The van der Waals surface area contributed by atoms with Crippen LogP contribution in [-0.2, 0) is 10.3 Å². The van der Waals surface area contributed by atoms with Gasteiger partial charge in [-0.05, 0) is 18.9 Å². The molecule has 1 aromatic rings. The molecule has 1 aromatic heterocycles. The van der Waals surface area contributed by atoms with Gasteiger partial charge in [-0.15, -0.1) is 0 Å². The highest BCUT2D eigenvalue weighted by molar-refractivity contribution is 5.68. The van der Waals surface area contributed by atoms with Crippen LogP contribution in [0, 0.1) is 10.1 Å². The van der Waals surface area contributed by atoms with Crippen molar-refractivity contribution in [2.75, 3.05) is 0 Å². The summed E-state index contributed by atoms with van der Waals surface area (Å²) in [4.78, 5) is 20.3. The first-order chi connectivity index (χ1) is 8.02. The van der Waals surface area contributed by atoms with E-state index >= 15 is 0 Å². The van der Waals surface area contributed by atoms with Gasteiger partial charge in [0.15, 0.2) is 0 Å². The maximum atomic E-state index is 10.7. The van der Waals surface area contributed by atoms with Gasteiger partial charge in [-0.25, -0.2) is 0 Å².